The van der Waals surface area contributed by atoms with Crippen molar-refractivity contribution in [3.05, 3.63) is 71.9 Å². The standard InChI is InChI=1S/C26H29NO3/c1-29-26(28)25(20-9-4-2-3-5-10-20)21-13-16-23(17-14-21)30-18-22-15-12-19-8-6-7-11-24(19)27-22/h6-8,11-17,20,25H,2-5,9-10,18H2,1H3. The summed E-state index contributed by atoms with van der Waals surface area (Å²) in [6, 6.07) is 20.0. The summed E-state index contributed by atoms with van der Waals surface area (Å²) in [7, 11) is 1.49. The Labute approximate surface area is 178 Å². The summed E-state index contributed by atoms with van der Waals surface area (Å²) in [5.41, 5.74) is 2.88. The number of ether oxygens (including phenoxy) is 2. The first-order valence-corrected chi connectivity index (χ1v) is 10.9. The predicted molar refractivity (Wildman–Crippen MR) is 118 cm³/mol. The molecule has 1 heterocycles. The van der Waals surface area contributed by atoms with E-state index in [9.17, 15) is 4.79 Å². The van der Waals surface area contributed by atoms with Gasteiger partial charge in [0.25, 0.3) is 0 Å². The van der Waals surface area contributed by atoms with Crippen LogP contribution < -0.4 is 4.74 Å². The Balaban J connectivity index is 1.45. The van der Waals surface area contributed by atoms with Crippen LogP contribution in [0.2, 0.25) is 0 Å². The first kappa shape index (κ1) is 20.4. The van der Waals surface area contributed by atoms with E-state index in [1.54, 1.807) is 0 Å². The van der Waals surface area contributed by atoms with Crippen LogP contribution >= 0.6 is 0 Å². The second-order valence-electron chi connectivity index (χ2n) is 8.11. The molecule has 30 heavy (non-hydrogen) atoms. The van der Waals surface area contributed by atoms with Crippen LogP contribution in [0.15, 0.2) is 60.7 Å². The van der Waals surface area contributed by atoms with Crippen molar-refractivity contribution in [1.82, 2.24) is 4.98 Å². The van der Waals surface area contributed by atoms with Crippen molar-refractivity contribution in [1.29, 1.82) is 0 Å². The summed E-state index contributed by atoms with van der Waals surface area (Å²) in [4.78, 5) is 17.2. The Bertz CT molecular complexity index is 975. The van der Waals surface area contributed by atoms with Crippen LogP contribution in [-0.2, 0) is 16.1 Å². The number of pyridine rings is 1. The van der Waals surface area contributed by atoms with E-state index in [-0.39, 0.29) is 11.9 Å². The maximum absolute atomic E-state index is 12.6. The lowest BCUT2D eigenvalue weighted by Gasteiger charge is -2.24. The Morgan fingerprint density at radius 1 is 0.967 bits per heavy atom. The van der Waals surface area contributed by atoms with Gasteiger partial charge in [0.15, 0.2) is 0 Å². The Hall–Kier alpha value is -2.88. The molecule has 1 fully saturated rings. The predicted octanol–water partition coefficient (Wildman–Crippen LogP) is 6.04. The highest BCUT2D eigenvalue weighted by atomic mass is 16.5. The van der Waals surface area contributed by atoms with Crippen LogP contribution in [0.1, 0.15) is 55.7 Å². The highest BCUT2D eigenvalue weighted by Gasteiger charge is 2.31. The van der Waals surface area contributed by atoms with Gasteiger partial charge in [0.05, 0.1) is 24.2 Å². The number of nitrogens with zero attached hydrogens (tertiary/aromatic N) is 1. The lowest BCUT2D eigenvalue weighted by Crippen LogP contribution is -2.23. The number of benzene rings is 2. The average Bonchev–Trinajstić information content (AvgIpc) is 3.08. The molecular formula is C26H29NO3. The Morgan fingerprint density at radius 2 is 1.70 bits per heavy atom. The molecule has 0 bridgehead atoms. The molecule has 0 aliphatic heterocycles. The molecule has 1 saturated carbocycles. The van der Waals surface area contributed by atoms with Crippen LogP contribution in [0.25, 0.3) is 10.9 Å². The third kappa shape index (κ3) is 4.81. The summed E-state index contributed by atoms with van der Waals surface area (Å²) < 4.78 is 11.1. The van der Waals surface area contributed by atoms with Gasteiger partial charge in [-0.25, -0.2) is 4.98 Å². The summed E-state index contributed by atoms with van der Waals surface area (Å²) in [5, 5.41) is 1.12. The minimum absolute atomic E-state index is 0.129. The summed E-state index contributed by atoms with van der Waals surface area (Å²) in [6.07, 6.45) is 7.09. The molecule has 2 aromatic carbocycles. The van der Waals surface area contributed by atoms with Crippen LogP contribution in [0, 0.1) is 5.92 Å². The molecule has 1 atom stereocenters. The first-order chi connectivity index (χ1) is 14.7. The summed E-state index contributed by atoms with van der Waals surface area (Å²) >= 11 is 0. The maximum Gasteiger partial charge on any atom is 0.313 e. The molecule has 1 unspecified atom stereocenters. The van der Waals surface area contributed by atoms with E-state index in [0.29, 0.717) is 12.5 Å². The van der Waals surface area contributed by atoms with Gasteiger partial charge in [0, 0.05) is 5.39 Å². The van der Waals surface area contributed by atoms with Gasteiger partial charge in [-0.1, -0.05) is 62.1 Å². The van der Waals surface area contributed by atoms with Gasteiger partial charge in [0.2, 0.25) is 0 Å². The molecule has 156 valence electrons. The zero-order chi connectivity index (χ0) is 20.8. The van der Waals surface area contributed by atoms with Gasteiger partial charge in [-0.3, -0.25) is 4.79 Å². The fourth-order valence-electron chi connectivity index (χ4n) is 4.49. The third-order valence-electron chi connectivity index (χ3n) is 6.11. The number of hydrogen-bond acceptors (Lipinski definition) is 4. The molecule has 0 N–H and O–H groups in total. The van der Waals surface area contributed by atoms with Gasteiger partial charge in [-0.05, 0) is 48.6 Å². The second-order valence-corrected chi connectivity index (χ2v) is 8.11. The van der Waals surface area contributed by atoms with Gasteiger partial charge >= 0.3 is 5.97 Å². The molecular weight excluding hydrogens is 374 g/mol. The van der Waals surface area contributed by atoms with Gasteiger partial charge < -0.3 is 9.47 Å². The van der Waals surface area contributed by atoms with Gasteiger partial charge in [0.1, 0.15) is 12.4 Å². The Kier molecular flexibility index (Phi) is 6.63. The van der Waals surface area contributed by atoms with Crippen molar-refractivity contribution in [3.8, 4) is 5.75 Å². The molecule has 4 rings (SSSR count). The number of para-hydroxylation sites is 1. The van der Waals surface area contributed by atoms with E-state index in [4.69, 9.17) is 9.47 Å². The van der Waals surface area contributed by atoms with Crippen LogP contribution in [-0.4, -0.2) is 18.1 Å². The monoisotopic (exact) mass is 403 g/mol. The van der Waals surface area contributed by atoms with Crippen molar-refractivity contribution in [2.45, 2.75) is 51.0 Å². The van der Waals surface area contributed by atoms with Gasteiger partial charge in [-0.2, -0.15) is 0 Å². The number of methoxy groups -OCH3 is 1. The number of carbonyl (C=O) groups excluding carboxylic acids is 1. The van der Waals surface area contributed by atoms with E-state index in [0.717, 1.165) is 40.8 Å². The Morgan fingerprint density at radius 3 is 2.43 bits per heavy atom. The molecule has 0 spiro atoms. The van der Waals surface area contributed by atoms with Crippen molar-refractivity contribution in [2.75, 3.05) is 7.11 Å². The molecule has 1 aromatic heterocycles. The summed E-state index contributed by atoms with van der Waals surface area (Å²) in [5.74, 6) is 0.812. The van der Waals surface area contributed by atoms with Crippen molar-refractivity contribution >= 4 is 16.9 Å². The highest BCUT2D eigenvalue weighted by molar-refractivity contribution is 5.79. The molecule has 0 amide bonds. The molecule has 4 heteroatoms. The summed E-state index contributed by atoms with van der Waals surface area (Å²) in [6.45, 7) is 0.410. The lowest BCUT2D eigenvalue weighted by atomic mass is 9.81. The number of esters is 1. The smallest absolute Gasteiger partial charge is 0.313 e. The van der Waals surface area contributed by atoms with Crippen LogP contribution in [0.3, 0.4) is 0 Å². The number of rotatable bonds is 6. The molecule has 4 nitrogen and oxygen atoms in total. The average molecular weight is 404 g/mol. The number of aromatic nitrogens is 1. The topological polar surface area (TPSA) is 48.4 Å². The highest BCUT2D eigenvalue weighted by Crippen LogP contribution is 2.36. The van der Waals surface area contributed by atoms with Crippen molar-refractivity contribution in [2.24, 2.45) is 5.92 Å². The van der Waals surface area contributed by atoms with E-state index in [1.807, 2.05) is 48.5 Å². The zero-order valence-electron chi connectivity index (χ0n) is 17.5. The minimum atomic E-state index is -0.190. The number of fused-ring (bicyclic) bond motifs is 1. The third-order valence-corrected chi connectivity index (χ3v) is 6.11. The SMILES string of the molecule is COC(=O)C(c1ccc(OCc2ccc3ccccc3n2)cc1)C1CCCCCC1. The van der Waals surface area contributed by atoms with E-state index in [1.165, 1.54) is 32.8 Å². The fourth-order valence-corrected chi connectivity index (χ4v) is 4.49. The zero-order valence-corrected chi connectivity index (χ0v) is 17.5. The number of carbonyl (C=O) groups is 1. The minimum Gasteiger partial charge on any atom is -0.487 e. The van der Waals surface area contributed by atoms with E-state index < -0.39 is 0 Å². The molecule has 0 saturated heterocycles. The quantitative estimate of drug-likeness (QED) is 0.372. The molecule has 1 aliphatic carbocycles. The van der Waals surface area contributed by atoms with Crippen molar-refractivity contribution in [3.63, 3.8) is 0 Å². The second kappa shape index (κ2) is 9.75. The number of hydrogen-bond donors (Lipinski definition) is 0. The first-order valence-electron chi connectivity index (χ1n) is 10.9. The molecule has 0 radical (unpaired) electrons. The van der Waals surface area contributed by atoms with E-state index >= 15 is 0 Å². The van der Waals surface area contributed by atoms with Crippen molar-refractivity contribution < 1.29 is 14.3 Å². The van der Waals surface area contributed by atoms with Crippen LogP contribution in [0.4, 0.5) is 0 Å². The van der Waals surface area contributed by atoms with Crippen LogP contribution in [0.5, 0.6) is 5.75 Å². The fraction of sp³-hybridized carbons (Fsp3) is 0.385. The normalized spacial score (nSPS) is 16.0. The molecule has 1 aliphatic rings. The maximum atomic E-state index is 12.6. The lowest BCUT2D eigenvalue weighted by molar-refractivity contribution is -0.144. The van der Waals surface area contributed by atoms with Gasteiger partial charge in [-0.15, -0.1) is 0 Å². The largest absolute Gasteiger partial charge is 0.487 e. The van der Waals surface area contributed by atoms with E-state index in [2.05, 4.69) is 17.1 Å². The molecule has 3 aromatic rings.